The summed E-state index contributed by atoms with van der Waals surface area (Å²) in [5.74, 6) is -1.54. The van der Waals surface area contributed by atoms with Crippen LogP contribution in [0.4, 0.5) is 5.82 Å². The number of aliphatic hydroxyl groups is 2. The molecule has 0 radical (unpaired) electrons. The average Bonchev–Trinajstić information content (AvgIpc) is 3.58. The number of hydrogen-bond acceptors (Lipinski definition) is 18. The van der Waals surface area contributed by atoms with Crippen molar-refractivity contribution in [3.8, 4) is 0 Å². The molecule has 0 aliphatic carbocycles. The Morgan fingerprint density at radius 2 is 1.75 bits per heavy atom. The van der Waals surface area contributed by atoms with Crippen LogP contribution in [-0.4, -0.2) is 127 Å². The number of aromatic nitrogens is 4. The summed E-state index contributed by atoms with van der Waals surface area (Å²) in [6, 6.07) is 0. The molecule has 3 rings (SSSR count). The summed E-state index contributed by atoms with van der Waals surface area (Å²) in [5.41, 5.74) is 4.22. The highest BCUT2D eigenvalue weighted by molar-refractivity contribution is 7.93. The van der Waals surface area contributed by atoms with Crippen molar-refractivity contribution in [2.24, 2.45) is 5.41 Å². The van der Waals surface area contributed by atoms with E-state index in [0.29, 0.717) is 0 Å². The minimum atomic E-state index is -5.57. The Labute approximate surface area is 301 Å². The van der Waals surface area contributed by atoms with Crippen molar-refractivity contribution in [2.75, 3.05) is 38.3 Å². The standard InChI is InChI=1S/C24H40N7O18P3S/c1-24(2,19(34)22(35)27-8-6-15(32)26-7-4-5-9-53(3,43)44)11-46-52(41,42)49-51(39,40)45-10-14-18(48-50(36,37)38)17(33)23(47-14)31-13-30-16-20(25)28-12-29-21(16)31/h5,9,12-14,17-19,23,33-34H,4,6-8,10-11H2,1-3H3,(H,26,32)(H,27,35)(H,39,40)(H,41,42)(H2,25,28,29)(H2,36,37,38)/b9-5+/t14-,17-,18-,19+,23-/m1/s1. The van der Waals surface area contributed by atoms with Gasteiger partial charge in [0.15, 0.2) is 27.5 Å². The Morgan fingerprint density at radius 3 is 2.40 bits per heavy atom. The van der Waals surface area contributed by atoms with Crippen LogP contribution in [0.25, 0.3) is 11.2 Å². The second-order valence-corrected chi connectivity index (χ2v) is 18.2. The first-order valence-corrected chi connectivity index (χ1v) is 21.5. The molecule has 2 aromatic heterocycles. The molecule has 0 saturated carbocycles. The van der Waals surface area contributed by atoms with Gasteiger partial charge in [-0.2, -0.15) is 4.31 Å². The molecule has 25 nitrogen and oxygen atoms in total. The number of rotatable bonds is 20. The van der Waals surface area contributed by atoms with Gasteiger partial charge < -0.3 is 50.9 Å². The molecule has 7 atom stereocenters. The number of nitrogens with zero attached hydrogens (tertiary/aromatic N) is 4. The normalized spacial score (nSPS) is 22.7. The number of phosphoric acid groups is 3. The van der Waals surface area contributed by atoms with Crippen molar-refractivity contribution in [3.05, 3.63) is 24.1 Å². The maximum Gasteiger partial charge on any atom is 0.481 e. The average molecular weight is 840 g/mol. The first-order chi connectivity index (χ1) is 24.3. The molecule has 2 unspecified atom stereocenters. The number of nitrogen functional groups attached to an aromatic ring is 1. The maximum absolute atomic E-state index is 12.6. The van der Waals surface area contributed by atoms with Gasteiger partial charge in [0.2, 0.25) is 11.8 Å². The minimum Gasteiger partial charge on any atom is -0.386 e. The lowest BCUT2D eigenvalue weighted by atomic mass is 9.87. The van der Waals surface area contributed by atoms with Crippen molar-refractivity contribution < 1.29 is 84.1 Å². The number of hydrogen-bond donors (Lipinski definition) is 9. The fourth-order valence-corrected chi connectivity index (χ4v) is 7.79. The molecule has 1 aliphatic rings. The van der Waals surface area contributed by atoms with E-state index in [4.69, 9.17) is 19.5 Å². The van der Waals surface area contributed by atoms with Crippen LogP contribution < -0.4 is 16.4 Å². The van der Waals surface area contributed by atoms with Crippen LogP contribution in [0.1, 0.15) is 32.9 Å². The van der Waals surface area contributed by atoms with E-state index < -0.39 is 94.4 Å². The molecule has 0 aromatic carbocycles. The summed E-state index contributed by atoms with van der Waals surface area (Å²) in [6.07, 6.45) is -4.41. The van der Waals surface area contributed by atoms with Crippen molar-refractivity contribution in [3.63, 3.8) is 0 Å². The fraction of sp³-hybridized carbons (Fsp3) is 0.625. The number of fused-ring (bicyclic) bond motifs is 1. The summed E-state index contributed by atoms with van der Waals surface area (Å²) in [4.78, 5) is 75.1. The van der Waals surface area contributed by atoms with E-state index >= 15 is 0 Å². The first kappa shape index (κ1) is 44.6. The molecule has 0 bridgehead atoms. The van der Waals surface area contributed by atoms with Gasteiger partial charge in [-0.25, -0.2) is 37.1 Å². The lowest BCUT2D eigenvalue weighted by Crippen LogP contribution is -2.46. The predicted octanol–water partition coefficient (Wildman–Crippen LogP) is -1.65. The van der Waals surface area contributed by atoms with Gasteiger partial charge in [-0.3, -0.25) is 27.7 Å². The molecule has 2 amide bonds. The molecular formula is C24H40N7O18P3S. The van der Waals surface area contributed by atoms with Gasteiger partial charge in [0, 0.05) is 36.6 Å². The van der Waals surface area contributed by atoms with Gasteiger partial charge in [0.05, 0.1) is 19.5 Å². The van der Waals surface area contributed by atoms with E-state index in [1.54, 1.807) is 0 Å². The maximum atomic E-state index is 12.6. The third-order valence-electron chi connectivity index (χ3n) is 7.05. The third kappa shape index (κ3) is 13.8. The smallest absolute Gasteiger partial charge is 0.386 e. The number of imidazole rings is 1. The highest BCUT2D eigenvalue weighted by atomic mass is 32.2. The zero-order valence-corrected chi connectivity index (χ0v) is 31.6. The summed E-state index contributed by atoms with van der Waals surface area (Å²) in [7, 11) is -19.7. The lowest BCUT2D eigenvalue weighted by molar-refractivity contribution is -0.137. The van der Waals surface area contributed by atoms with E-state index in [1.807, 2.05) is 0 Å². The van der Waals surface area contributed by atoms with Crippen LogP contribution in [0.5, 0.6) is 0 Å². The quantitative estimate of drug-likeness (QED) is 0.0533. The van der Waals surface area contributed by atoms with E-state index in [2.05, 4.69) is 34.4 Å². The highest BCUT2D eigenvalue weighted by Crippen LogP contribution is 2.61. The molecule has 1 aliphatic heterocycles. The molecule has 29 heteroatoms. The Hall–Kier alpha value is -2.77. The molecule has 1 fully saturated rings. The number of carbonyl (C=O) groups excluding carboxylic acids is 2. The predicted molar refractivity (Wildman–Crippen MR) is 178 cm³/mol. The van der Waals surface area contributed by atoms with Crippen LogP contribution >= 0.6 is 23.5 Å². The fourth-order valence-electron chi connectivity index (χ4n) is 4.48. The second kappa shape index (κ2) is 17.8. The Kier molecular flexibility index (Phi) is 15.0. The first-order valence-electron chi connectivity index (χ1n) is 15.1. The topological polar surface area (TPSA) is 381 Å². The van der Waals surface area contributed by atoms with Crippen molar-refractivity contribution in [1.29, 1.82) is 0 Å². The number of anilines is 1. The molecular weight excluding hydrogens is 799 g/mol. The minimum absolute atomic E-state index is 0.0241. The van der Waals surface area contributed by atoms with Gasteiger partial charge in [-0.05, 0) is 6.42 Å². The number of nitrogens with one attached hydrogen (secondary N) is 2. The monoisotopic (exact) mass is 839 g/mol. The molecule has 53 heavy (non-hydrogen) atoms. The van der Waals surface area contributed by atoms with Crippen molar-refractivity contribution in [2.45, 2.75) is 57.3 Å². The SMILES string of the molecule is CC(C)(COP(=O)(O)OP(=O)(O)OC[C@H]1O[C@@H](n2cnc3c(N)ncnc32)[C@H](O)[C@@H]1OP(=O)(O)O)[C@@H](O)C(=O)NCCC(=O)NCC/C=C/S(C)(=O)=O. The van der Waals surface area contributed by atoms with Gasteiger partial charge in [0.25, 0.3) is 0 Å². The van der Waals surface area contributed by atoms with E-state index in [1.165, 1.54) is 19.9 Å². The summed E-state index contributed by atoms with van der Waals surface area (Å²) < 4.78 is 83.9. The number of aliphatic hydroxyl groups excluding tert-OH is 2. The summed E-state index contributed by atoms with van der Waals surface area (Å²) >= 11 is 0. The lowest BCUT2D eigenvalue weighted by Gasteiger charge is -2.30. The summed E-state index contributed by atoms with van der Waals surface area (Å²) in [6.45, 7) is 0.315. The molecule has 1 saturated heterocycles. The zero-order chi connectivity index (χ0) is 40.0. The number of nitrogens with two attached hydrogens (primary N) is 1. The summed E-state index contributed by atoms with van der Waals surface area (Å²) in [5, 5.41) is 27.1. The van der Waals surface area contributed by atoms with Crippen LogP contribution in [0.15, 0.2) is 24.1 Å². The number of amides is 2. The number of sulfone groups is 1. The number of phosphoric ester groups is 3. The number of carbonyl (C=O) groups is 2. The molecule has 10 N–H and O–H groups in total. The molecule has 300 valence electrons. The second-order valence-electron chi connectivity index (χ2n) is 12.1. The van der Waals surface area contributed by atoms with E-state index in [9.17, 15) is 61.5 Å². The Balaban J connectivity index is 1.53. The molecule has 2 aromatic rings. The Bertz CT molecular complexity index is 1910. The largest absolute Gasteiger partial charge is 0.481 e. The molecule has 3 heterocycles. The zero-order valence-electron chi connectivity index (χ0n) is 28.1. The molecule has 0 spiro atoms. The van der Waals surface area contributed by atoms with Gasteiger partial charge in [-0.1, -0.05) is 19.9 Å². The van der Waals surface area contributed by atoms with Gasteiger partial charge in [0.1, 0.15) is 36.3 Å². The van der Waals surface area contributed by atoms with Crippen LogP contribution in [0, 0.1) is 5.41 Å². The van der Waals surface area contributed by atoms with E-state index in [0.717, 1.165) is 28.9 Å². The third-order valence-corrected chi connectivity index (χ3v) is 10.8. The van der Waals surface area contributed by atoms with Crippen LogP contribution in [0.2, 0.25) is 0 Å². The number of ether oxygens (including phenoxy) is 1. The van der Waals surface area contributed by atoms with Gasteiger partial charge in [-0.15, -0.1) is 0 Å². The van der Waals surface area contributed by atoms with E-state index in [-0.39, 0.29) is 42.9 Å². The van der Waals surface area contributed by atoms with Crippen molar-refractivity contribution >= 4 is 62.1 Å². The van der Waals surface area contributed by atoms with Crippen LogP contribution in [-0.2, 0) is 55.7 Å². The Morgan fingerprint density at radius 1 is 1.09 bits per heavy atom. The highest BCUT2D eigenvalue weighted by Gasteiger charge is 2.50. The van der Waals surface area contributed by atoms with Gasteiger partial charge >= 0.3 is 23.5 Å². The van der Waals surface area contributed by atoms with Crippen LogP contribution in [0.3, 0.4) is 0 Å². The van der Waals surface area contributed by atoms with Crippen molar-refractivity contribution in [1.82, 2.24) is 30.2 Å².